The van der Waals surface area contributed by atoms with Gasteiger partial charge in [0.05, 0.1) is 37.6 Å². The van der Waals surface area contributed by atoms with Gasteiger partial charge in [-0.2, -0.15) is 0 Å². The van der Waals surface area contributed by atoms with Gasteiger partial charge in [0.2, 0.25) is 0 Å². The molecule has 5 amide bonds. The fourth-order valence-corrected chi connectivity index (χ4v) is 4.09. The normalized spacial score (nSPS) is 21.9. The average Bonchev–Trinajstić information content (AvgIpc) is 2.98. The van der Waals surface area contributed by atoms with Crippen LogP contribution in [-0.4, -0.2) is 54.6 Å². The molecule has 10 nitrogen and oxygen atoms in total. The van der Waals surface area contributed by atoms with Gasteiger partial charge in [-0.15, -0.1) is 0 Å². The highest BCUT2D eigenvalue weighted by molar-refractivity contribution is 6.08. The van der Waals surface area contributed by atoms with E-state index in [0.717, 1.165) is 11.3 Å². The van der Waals surface area contributed by atoms with Gasteiger partial charge >= 0.3 is 18.0 Å². The van der Waals surface area contributed by atoms with Crippen LogP contribution < -0.4 is 20.7 Å². The standard InChI is InChI=1S/C21H24N4O6/c1-3-31-17(26)15-14(11-25-18(27)21(9-4-10-21)24-20(25)29)22-19(28)23-16(15)12-5-7-13(30-2)8-6-12/h5-8,16H,3-4,9-11H2,1-2H3,(H,24,29)(H2,22,23,28). The van der Waals surface area contributed by atoms with Crippen molar-refractivity contribution in [2.75, 3.05) is 20.3 Å². The second kappa shape index (κ2) is 7.93. The number of nitrogens with one attached hydrogen (secondary N) is 3. The molecule has 164 valence electrons. The van der Waals surface area contributed by atoms with E-state index in [1.54, 1.807) is 31.2 Å². The molecular weight excluding hydrogens is 404 g/mol. The smallest absolute Gasteiger partial charge is 0.338 e. The first kappa shape index (κ1) is 20.7. The maximum Gasteiger partial charge on any atom is 0.338 e. The predicted molar refractivity (Wildman–Crippen MR) is 108 cm³/mol. The van der Waals surface area contributed by atoms with E-state index in [0.29, 0.717) is 24.2 Å². The van der Waals surface area contributed by atoms with Gasteiger partial charge in [0.25, 0.3) is 5.91 Å². The van der Waals surface area contributed by atoms with Crippen LogP contribution in [0.5, 0.6) is 5.75 Å². The molecular formula is C21H24N4O6. The minimum atomic E-state index is -0.853. The van der Waals surface area contributed by atoms with Gasteiger partial charge in [-0.25, -0.2) is 14.4 Å². The molecule has 0 aromatic heterocycles. The molecule has 4 rings (SSSR count). The Hall–Kier alpha value is -3.56. The molecule has 3 N–H and O–H groups in total. The lowest BCUT2D eigenvalue weighted by Crippen LogP contribution is -2.53. The van der Waals surface area contributed by atoms with Gasteiger partial charge in [0.15, 0.2) is 0 Å². The average molecular weight is 428 g/mol. The van der Waals surface area contributed by atoms with Crippen molar-refractivity contribution in [1.82, 2.24) is 20.9 Å². The lowest BCUT2D eigenvalue weighted by Gasteiger charge is -2.35. The summed E-state index contributed by atoms with van der Waals surface area (Å²) in [6.45, 7) is 1.57. The number of amides is 5. The van der Waals surface area contributed by atoms with E-state index < -0.39 is 29.6 Å². The van der Waals surface area contributed by atoms with E-state index in [1.807, 2.05) is 0 Å². The van der Waals surface area contributed by atoms with Gasteiger partial charge in [-0.3, -0.25) is 9.69 Å². The number of nitrogens with zero attached hydrogens (tertiary/aromatic N) is 1. The molecule has 1 atom stereocenters. The molecule has 1 saturated carbocycles. The number of carbonyl (C=O) groups is 4. The Morgan fingerprint density at radius 2 is 1.90 bits per heavy atom. The van der Waals surface area contributed by atoms with E-state index in [2.05, 4.69) is 16.0 Å². The number of benzene rings is 1. The van der Waals surface area contributed by atoms with Crippen LogP contribution in [-0.2, 0) is 14.3 Å². The van der Waals surface area contributed by atoms with Gasteiger partial charge in [0, 0.05) is 0 Å². The topological polar surface area (TPSA) is 126 Å². The minimum absolute atomic E-state index is 0.130. The summed E-state index contributed by atoms with van der Waals surface area (Å²) in [7, 11) is 1.54. The maximum atomic E-state index is 12.9. The highest BCUT2D eigenvalue weighted by atomic mass is 16.5. The number of hydrogen-bond donors (Lipinski definition) is 3. The summed E-state index contributed by atoms with van der Waals surface area (Å²) in [5.41, 5.74) is 0.0714. The van der Waals surface area contributed by atoms with E-state index in [1.165, 1.54) is 7.11 Å². The van der Waals surface area contributed by atoms with Crippen molar-refractivity contribution in [2.24, 2.45) is 0 Å². The van der Waals surface area contributed by atoms with Crippen LogP contribution in [0, 0.1) is 0 Å². The molecule has 0 radical (unpaired) electrons. The second-order valence-corrected chi connectivity index (χ2v) is 7.67. The zero-order chi connectivity index (χ0) is 22.2. The lowest BCUT2D eigenvalue weighted by molar-refractivity contribution is -0.139. The molecule has 31 heavy (non-hydrogen) atoms. The zero-order valence-corrected chi connectivity index (χ0v) is 17.3. The van der Waals surface area contributed by atoms with Crippen molar-refractivity contribution in [2.45, 2.75) is 37.8 Å². The summed E-state index contributed by atoms with van der Waals surface area (Å²) in [5.74, 6) is -0.361. The maximum absolute atomic E-state index is 12.9. The summed E-state index contributed by atoms with van der Waals surface area (Å²) < 4.78 is 10.4. The van der Waals surface area contributed by atoms with Crippen LogP contribution in [0.15, 0.2) is 35.5 Å². The first-order valence-corrected chi connectivity index (χ1v) is 10.1. The summed E-state index contributed by atoms with van der Waals surface area (Å²) >= 11 is 0. The summed E-state index contributed by atoms with van der Waals surface area (Å²) in [6.07, 6.45) is 2.03. The van der Waals surface area contributed by atoms with E-state index in [9.17, 15) is 19.2 Å². The van der Waals surface area contributed by atoms with Gasteiger partial charge < -0.3 is 25.4 Å². The first-order valence-electron chi connectivity index (χ1n) is 10.1. The molecule has 1 aromatic carbocycles. The molecule has 1 unspecified atom stereocenters. The summed E-state index contributed by atoms with van der Waals surface area (Å²) in [5, 5.41) is 8.06. The Morgan fingerprint density at radius 3 is 2.45 bits per heavy atom. The molecule has 2 aliphatic heterocycles. The number of hydrogen-bond acceptors (Lipinski definition) is 6. The monoisotopic (exact) mass is 428 g/mol. The van der Waals surface area contributed by atoms with Crippen LogP contribution in [0.4, 0.5) is 9.59 Å². The van der Waals surface area contributed by atoms with E-state index >= 15 is 0 Å². The molecule has 1 aromatic rings. The molecule has 10 heteroatoms. The van der Waals surface area contributed by atoms with Gasteiger partial charge in [-0.1, -0.05) is 12.1 Å². The van der Waals surface area contributed by atoms with Crippen molar-refractivity contribution in [3.63, 3.8) is 0 Å². The van der Waals surface area contributed by atoms with Crippen LogP contribution >= 0.6 is 0 Å². The third-order valence-corrected chi connectivity index (χ3v) is 5.87. The number of urea groups is 2. The third-order valence-electron chi connectivity index (χ3n) is 5.87. The molecule has 1 spiro atoms. The van der Waals surface area contributed by atoms with Crippen molar-refractivity contribution in [3.8, 4) is 5.75 Å². The molecule has 1 saturated heterocycles. The van der Waals surface area contributed by atoms with E-state index in [-0.39, 0.29) is 30.3 Å². The fraction of sp³-hybridized carbons (Fsp3) is 0.429. The quantitative estimate of drug-likeness (QED) is 0.464. The van der Waals surface area contributed by atoms with Gasteiger partial charge in [0.1, 0.15) is 11.3 Å². The Balaban J connectivity index is 1.71. The molecule has 2 fully saturated rings. The van der Waals surface area contributed by atoms with Crippen molar-refractivity contribution in [1.29, 1.82) is 0 Å². The van der Waals surface area contributed by atoms with Crippen LogP contribution in [0.25, 0.3) is 0 Å². The highest BCUT2D eigenvalue weighted by Crippen LogP contribution is 2.38. The van der Waals surface area contributed by atoms with Crippen molar-refractivity contribution in [3.05, 3.63) is 41.1 Å². The van der Waals surface area contributed by atoms with Crippen LogP contribution in [0.1, 0.15) is 37.8 Å². The molecule has 0 bridgehead atoms. The second-order valence-electron chi connectivity index (χ2n) is 7.67. The van der Waals surface area contributed by atoms with Crippen LogP contribution in [0.2, 0.25) is 0 Å². The zero-order valence-electron chi connectivity index (χ0n) is 17.3. The number of methoxy groups -OCH3 is 1. The SMILES string of the molecule is CCOC(=O)C1=C(CN2C(=O)NC3(CCC3)C2=O)NC(=O)NC1c1ccc(OC)cc1. The fourth-order valence-electron chi connectivity index (χ4n) is 4.09. The Kier molecular flexibility index (Phi) is 5.30. The molecule has 1 aliphatic carbocycles. The number of ether oxygens (including phenoxy) is 2. The lowest BCUT2D eigenvalue weighted by atomic mass is 9.77. The molecule has 2 heterocycles. The summed E-state index contributed by atoms with van der Waals surface area (Å²) in [6, 6.07) is 4.98. The van der Waals surface area contributed by atoms with E-state index in [4.69, 9.17) is 9.47 Å². The number of esters is 1. The predicted octanol–water partition coefficient (Wildman–Crippen LogP) is 1.34. The Bertz CT molecular complexity index is 967. The first-order chi connectivity index (χ1) is 14.9. The third kappa shape index (κ3) is 3.58. The Labute approximate surface area is 178 Å². The molecule has 3 aliphatic rings. The minimum Gasteiger partial charge on any atom is -0.497 e. The Morgan fingerprint density at radius 1 is 1.19 bits per heavy atom. The number of imide groups is 1. The van der Waals surface area contributed by atoms with Crippen molar-refractivity contribution >= 4 is 23.9 Å². The summed E-state index contributed by atoms with van der Waals surface area (Å²) in [4.78, 5) is 51.6. The van der Waals surface area contributed by atoms with Crippen molar-refractivity contribution < 1.29 is 28.7 Å². The number of rotatable bonds is 6. The largest absolute Gasteiger partial charge is 0.497 e. The van der Waals surface area contributed by atoms with Crippen LogP contribution in [0.3, 0.4) is 0 Å². The highest BCUT2D eigenvalue weighted by Gasteiger charge is 2.55. The number of carbonyl (C=O) groups excluding carboxylic acids is 4. The van der Waals surface area contributed by atoms with Gasteiger partial charge in [-0.05, 0) is 43.9 Å².